The highest BCUT2D eigenvalue weighted by Gasteiger charge is 2.21. The summed E-state index contributed by atoms with van der Waals surface area (Å²) in [6, 6.07) is 77.3. The number of hydrogen-bond acceptors (Lipinski definition) is 3. The number of para-hydroxylation sites is 4. The minimum absolute atomic E-state index is 0.860. The zero-order valence-electron chi connectivity index (χ0n) is 32.5. The molecule has 0 aliphatic rings. The van der Waals surface area contributed by atoms with Gasteiger partial charge < -0.3 is 13.7 Å². The Hall–Kier alpha value is -8.08. The number of nitrogens with zero attached hydrogens (tertiary/aromatic N) is 2. The van der Waals surface area contributed by atoms with Crippen LogP contribution in [0.5, 0.6) is 0 Å². The Morgan fingerprint density at radius 1 is 0.350 bits per heavy atom. The van der Waals surface area contributed by atoms with E-state index in [1.54, 1.807) is 0 Å². The van der Waals surface area contributed by atoms with Crippen molar-refractivity contribution < 1.29 is 8.83 Å². The van der Waals surface area contributed by atoms with Gasteiger partial charge in [0.1, 0.15) is 16.7 Å². The Balaban J connectivity index is 0.948. The Morgan fingerprint density at radius 2 is 0.867 bits per heavy atom. The molecule has 12 aromatic rings. The van der Waals surface area contributed by atoms with Crippen LogP contribution >= 0.6 is 0 Å². The molecular formula is C56H36N2O2. The molecular weight excluding hydrogens is 733 g/mol. The molecule has 4 nitrogen and oxygen atoms in total. The number of aromatic nitrogens is 1. The van der Waals surface area contributed by atoms with Crippen LogP contribution in [0.4, 0.5) is 17.1 Å². The van der Waals surface area contributed by atoms with Crippen LogP contribution < -0.4 is 4.90 Å². The summed E-state index contributed by atoms with van der Waals surface area (Å²) < 4.78 is 15.2. The van der Waals surface area contributed by atoms with E-state index in [4.69, 9.17) is 8.83 Å². The maximum Gasteiger partial charge on any atom is 0.213 e. The van der Waals surface area contributed by atoms with Crippen molar-refractivity contribution in [2.75, 3.05) is 4.90 Å². The lowest BCUT2D eigenvalue weighted by molar-refractivity contribution is 0.645. The molecule has 3 aromatic heterocycles. The van der Waals surface area contributed by atoms with Crippen LogP contribution in [0.3, 0.4) is 0 Å². The van der Waals surface area contributed by atoms with Crippen LogP contribution in [0, 0.1) is 0 Å². The van der Waals surface area contributed by atoms with E-state index in [1.807, 2.05) is 24.3 Å². The van der Waals surface area contributed by atoms with Gasteiger partial charge in [-0.05, 0) is 101 Å². The lowest BCUT2D eigenvalue weighted by Crippen LogP contribution is -2.09. The van der Waals surface area contributed by atoms with Gasteiger partial charge in [-0.15, -0.1) is 0 Å². The Kier molecular flexibility index (Phi) is 7.82. The number of benzene rings is 9. The summed E-state index contributed by atoms with van der Waals surface area (Å²) in [5, 5.41) is 5.68. The number of anilines is 3. The highest BCUT2D eigenvalue weighted by molar-refractivity contribution is 6.20. The summed E-state index contributed by atoms with van der Waals surface area (Å²) in [6.07, 6.45) is 0. The van der Waals surface area contributed by atoms with Crippen LogP contribution in [0.2, 0.25) is 0 Å². The second-order valence-electron chi connectivity index (χ2n) is 15.3. The summed E-state index contributed by atoms with van der Waals surface area (Å²) in [5.41, 5.74) is 15.8. The van der Waals surface area contributed by atoms with E-state index in [9.17, 15) is 0 Å². The molecule has 3 heterocycles. The topological polar surface area (TPSA) is 34.5 Å². The molecule has 12 rings (SSSR count). The Morgan fingerprint density at radius 3 is 1.55 bits per heavy atom. The summed E-state index contributed by atoms with van der Waals surface area (Å²) in [7, 11) is 0. The minimum atomic E-state index is 0.860. The summed E-state index contributed by atoms with van der Waals surface area (Å²) in [4.78, 5) is 2.33. The molecule has 0 atom stereocenters. The van der Waals surface area contributed by atoms with Crippen molar-refractivity contribution in [3.05, 3.63) is 218 Å². The highest BCUT2D eigenvalue weighted by atomic mass is 16.3. The van der Waals surface area contributed by atoms with Crippen LogP contribution in [-0.2, 0) is 0 Å². The van der Waals surface area contributed by atoms with Gasteiger partial charge in [0.05, 0.1) is 10.9 Å². The van der Waals surface area contributed by atoms with Gasteiger partial charge in [0.15, 0.2) is 0 Å². The summed E-state index contributed by atoms with van der Waals surface area (Å²) in [5.74, 6) is 0. The van der Waals surface area contributed by atoms with Gasteiger partial charge in [-0.25, -0.2) is 0 Å². The number of fused-ring (bicyclic) bond motifs is 8. The standard InChI is InChI=1S/C56H36N2O2/c1-3-12-37(13-4-1)38-22-29-43(30-23-38)57(45-33-26-40(27-34-45)46-18-11-19-48-47-16-7-9-20-52(47)59-55(46)48)44-31-24-39(25-32-44)41-28-35-51-50(36-41)54-49-17-8-10-21-53(49)60-56(54)58(51)42-14-5-2-6-15-42/h1-36H. The zero-order valence-corrected chi connectivity index (χ0v) is 32.5. The number of furan rings is 2. The first-order valence-electron chi connectivity index (χ1n) is 20.3. The summed E-state index contributed by atoms with van der Waals surface area (Å²) in [6.45, 7) is 0. The number of hydrogen-bond donors (Lipinski definition) is 0. The monoisotopic (exact) mass is 768 g/mol. The number of rotatable bonds is 7. The van der Waals surface area contributed by atoms with Gasteiger partial charge in [0.2, 0.25) is 5.71 Å². The molecule has 0 unspecified atom stereocenters. The fourth-order valence-electron chi connectivity index (χ4n) is 8.95. The normalized spacial score (nSPS) is 11.7. The Labute approximate surface area is 346 Å². The highest BCUT2D eigenvalue weighted by Crippen LogP contribution is 2.43. The first-order chi connectivity index (χ1) is 29.7. The zero-order chi connectivity index (χ0) is 39.6. The van der Waals surface area contributed by atoms with Crippen LogP contribution in [0.1, 0.15) is 0 Å². The molecule has 0 saturated heterocycles. The van der Waals surface area contributed by atoms with Crippen LogP contribution in [0.15, 0.2) is 227 Å². The minimum Gasteiger partial charge on any atom is -0.455 e. The molecule has 4 heteroatoms. The van der Waals surface area contributed by atoms with E-state index in [-0.39, 0.29) is 0 Å². The first kappa shape index (κ1) is 34.0. The molecule has 0 bridgehead atoms. The molecule has 9 aromatic carbocycles. The van der Waals surface area contributed by atoms with E-state index in [1.165, 1.54) is 16.5 Å². The second kappa shape index (κ2) is 13.8. The molecule has 0 aliphatic carbocycles. The fraction of sp³-hybridized carbons (Fsp3) is 0. The molecule has 0 spiro atoms. The molecule has 0 aliphatic heterocycles. The van der Waals surface area contributed by atoms with Crippen LogP contribution in [0.25, 0.3) is 94.0 Å². The van der Waals surface area contributed by atoms with Crippen molar-refractivity contribution >= 4 is 72.0 Å². The fourth-order valence-corrected chi connectivity index (χ4v) is 8.95. The third-order valence-electron chi connectivity index (χ3n) is 11.8. The molecule has 0 saturated carbocycles. The molecule has 60 heavy (non-hydrogen) atoms. The van der Waals surface area contributed by atoms with Gasteiger partial charge in [-0.3, -0.25) is 4.57 Å². The van der Waals surface area contributed by atoms with Gasteiger partial charge in [-0.2, -0.15) is 0 Å². The van der Waals surface area contributed by atoms with Crippen LogP contribution in [-0.4, -0.2) is 4.57 Å². The molecule has 0 amide bonds. The van der Waals surface area contributed by atoms with Crippen molar-refractivity contribution in [1.82, 2.24) is 4.57 Å². The average Bonchev–Trinajstić information content (AvgIpc) is 3.99. The van der Waals surface area contributed by atoms with E-state index in [0.717, 1.165) is 94.5 Å². The van der Waals surface area contributed by atoms with Crippen molar-refractivity contribution in [1.29, 1.82) is 0 Å². The molecule has 0 radical (unpaired) electrons. The lowest BCUT2D eigenvalue weighted by atomic mass is 10.0. The lowest BCUT2D eigenvalue weighted by Gasteiger charge is -2.26. The molecule has 0 N–H and O–H groups in total. The van der Waals surface area contributed by atoms with Crippen molar-refractivity contribution in [2.45, 2.75) is 0 Å². The van der Waals surface area contributed by atoms with Crippen molar-refractivity contribution in [3.8, 4) is 39.1 Å². The smallest absolute Gasteiger partial charge is 0.213 e. The average molecular weight is 769 g/mol. The largest absolute Gasteiger partial charge is 0.455 e. The third kappa shape index (κ3) is 5.53. The van der Waals surface area contributed by atoms with Gasteiger partial charge in [0, 0.05) is 49.9 Å². The predicted molar refractivity (Wildman–Crippen MR) is 249 cm³/mol. The van der Waals surface area contributed by atoms with Crippen molar-refractivity contribution in [2.24, 2.45) is 0 Å². The second-order valence-corrected chi connectivity index (χ2v) is 15.3. The summed E-state index contributed by atoms with van der Waals surface area (Å²) >= 11 is 0. The molecule has 282 valence electrons. The Bertz CT molecular complexity index is 3500. The van der Waals surface area contributed by atoms with E-state index >= 15 is 0 Å². The quantitative estimate of drug-likeness (QED) is 0.162. The van der Waals surface area contributed by atoms with Gasteiger partial charge >= 0.3 is 0 Å². The molecule has 0 fully saturated rings. The first-order valence-corrected chi connectivity index (χ1v) is 20.3. The SMILES string of the molecule is c1ccc(-c2ccc(N(c3ccc(-c4ccc5c(c4)c4c6ccccc6oc4n5-c4ccccc4)cc3)c3ccc(-c4cccc5c4oc4ccccc45)cc3)cc2)cc1. The van der Waals surface area contributed by atoms with E-state index in [2.05, 4.69) is 204 Å². The predicted octanol–water partition coefficient (Wildman–Crippen LogP) is 15.9. The van der Waals surface area contributed by atoms with Crippen molar-refractivity contribution in [3.63, 3.8) is 0 Å². The van der Waals surface area contributed by atoms with E-state index < -0.39 is 0 Å². The maximum atomic E-state index is 6.54. The van der Waals surface area contributed by atoms with E-state index in [0.29, 0.717) is 0 Å². The van der Waals surface area contributed by atoms with Gasteiger partial charge in [-0.1, -0.05) is 146 Å². The van der Waals surface area contributed by atoms with Gasteiger partial charge in [0.25, 0.3) is 0 Å². The maximum absolute atomic E-state index is 6.54. The third-order valence-corrected chi connectivity index (χ3v) is 11.8.